The zero-order valence-electron chi connectivity index (χ0n) is 20.5. The molecule has 1 saturated heterocycles. The van der Waals surface area contributed by atoms with Crippen molar-refractivity contribution in [2.24, 2.45) is 40.4 Å². The number of hydrogen-bond donors (Lipinski definition) is 1. The first-order valence-corrected chi connectivity index (χ1v) is 12.9. The van der Waals surface area contributed by atoms with Crippen molar-refractivity contribution in [2.75, 3.05) is 6.61 Å². The maximum Gasteiger partial charge on any atom is 0.294 e. The van der Waals surface area contributed by atoms with Crippen LogP contribution >= 0.6 is 0 Å². The van der Waals surface area contributed by atoms with Gasteiger partial charge < -0.3 is 19.8 Å². The van der Waals surface area contributed by atoms with Crippen molar-refractivity contribution in [2.45, 2.75) is 110 Å². The lowest BCUT2D eigenvalue weighted by Gasteiger charge is -2.61. The fourth-order valence-electron chi connectivity index (χ4n) is 9.73. The molecule has 4 aliphatic carbocycles. The molecule has 1 aliphatic heterocycles. The van der Waals surface area contributed by atoms with E-state index in [9.17, 15) is 15.3 Å². The van der Waals surface area contributed by atoms with Crippen molar-refractivity contribution in [3.63, 3.8) is 0 Å². The van der Waals surface area contributed by atoms with Crippen LogP contribution in [0.25, 0.3) is 0 Å². The summed E-state index contributed by atoms with van der Waals surface area (Å²) in [4.78, 5) is 15.9. The standard InChI is InChI=1S/C25H42N2O5/c1-22(2)15-31-25(5,26(22)28)21-9-8-19-18-7-6-16-14-17(32-27(29)30)10-12-23(16,3)20(18)11-13-24(19,21)4/h16-21,26H,6-15H2,1-5H3/t16?,17-,18?,19?,20?,21+,23+,24+,25?/m1/s1. The minimum absolute atomic E-state index is 0.168. The van der Waals surface area contributed by atoms with Gasteiger partial charge in [-0.1, -0.05) is 13.8 Å². The average Bonchev–Trinajstić information content (AvgIpc) is 3.18. The Morgan fingerprint density at radius 3 is 2.28 bits per heavy atom. The van der Waals surface area contributed by atoms with Gasteiger partial charge in [0, 0.05) is 12.8 Å². The molecule has 32 heavy (non-hydrogen) atoms. The normalized spacial score (nSPS) is 54.4. The molecule has 5 rings (SSSR count). The summed E-state index contributed by atoms with van der Waals surface area (Å²) >= 11 is 0. The molecular formula is C25H42N2O5. The van der Waals surface area contributed by atoms with Crippen LogP contribution in [0.1, 0.15) is 92.4 Å². The van der Waals surface area contributed by atoms with E-state index < -0.39 is 10.8 Å². The average molecular weight is 451 g/mol. The van der Waals surface area contributed by atoms with E-state index in [4.69, 9.17) is 9.57 Å². The SMILES string of the molecule is CC1(C)COC(C)([C@H]2CCC3C4CCC5C[C@H](O[N+](=O)[O-])CC[C@]5(C)C4CC[C@@]32C)[NH+]1[O-]. The monoisotopic (exact) mass is 450 g/mol. The van der Waals surface area contributed by atoms with Gasteiger partial charge in [-0.05, 0) is 106 Å². The van der Waals surface area contributed by atoms with E-state index in [0.29, 0.717) is 41.3 Å². The molecule has 1 N–H and O–H groups in total. The summed E-state index contributed by atoms with van der Waals surface area (Å²) in [5, 5.41) is 24.0. The molecule has 0 aromatic heterocycles. The maximum absolute atomic E-state index is 13.4. The number of nitrogens with zero attached hydrogens (tertiary/aromatic N) is 1. The van der Waals surface area contributed by atoms with E-state index in [0.717, 1.165) is 32.1 Å². The number of rotatable bonds is 3. The molecule has 7 nitrogen and oxygen atoms in total. The molecule has 1 heterocycles. The van der Waals surface area contributed by atoms with Crippen LogP contribution in [0.4, 0.5) is 0 Å². The molecule has 0 bridgehead atoms. The second-order valence-electron chi connectivity index (χ2n) is 13.2. The lowest BCUT2D eigenvalue weighted by atomic mass is 9.44. The quantitative estimate of drug-likeness (QED) is 0.397. The van der Waals surface area contributed by atoms with Crippen LogP contribution in [0.5, 0.6) is 0 Å². The number of quaternary nitrogens is 1. The van der Waals surface area contributed by atoms with Crippen LogP contribution in [0, 0.1) is 55.7 Å². The second kappa shape index (κ2) is 7.29. The first-order chi connectivity index (χ1) is 14.9. The smallest absolute Gasteiger partial charge is 0.294 e. The Hall–Kier alpha value is -0.920. The van der Waals surface area contributed by atoms with Crippen molar-refractivity contribution in [3.05, 3.63) is 15.3 Å². The van der Waals surface area contributed by atoms with Crippen molar-refractivity contribution in [1.29, 1.82) is 0 Å². The topological polar surface area (TPSA) is 89.1 Å². The summed E-state index contributed by atoms with van der Waals surface area (Å²) in [5.41, 5.74) is -0.583. The lowest BCUT2D eigenvalue weighted by molar-refractivity contribution is -0.953. The minimum atomic E-state index is -0.640. The first kappa shape index (κ1) is 22.9. The Morgan fingerprint density at radius 1 is 0.938 bits per heavy atom. The van der Waals surface area contributed by atoms with Gasteiger partial charge in [0.05, 0.1) is 0 Å². The van der Waals surface area contributed by atoms with E-state index >= 15 is 0 Å². The fraction of sp³-hybridized carbons (Fsp3) is 1.00. The minimum Gasteiger partial charge on any atom is -0.632 e. The van der Waals surface area contributed by atoms with E-state index in [1.54, 1.807) is 0 Å². The largest absolute Gasteiger partial charge is 0.632 e. The third-order valence-corrected chi connectivity index (χ3v) is 11.3. The van der Waals surface area contributed by atoms with Gasteiger partial charge >= 0.3 is 0 Å². The summed E-state index contributed by atoms with van der Waals surface area (Å²) in [6, 6.07) is 0. The number of fused-ring (bicyclic) bond motifs is 5. The van der Waals surface area contributed by atoms with Crippen LogP contribution in [0.15, 0.2) is 0 Å². The Morgan fingerprint density at radius 2 is 1.62 bits per heavy atom. The van der Waals surface area contributed by atoms with Crippen molar-refractivity contribution >= 4 is 0 Å². The van der Waals surface area contributed by atoms with Crippen molar-refractivity contribution < 1.29 is 19.7 Å². The van der Waals surface area contributed by atoms with Gasteiger partial charge in [0.25, 0.3) is 5.09 Å². The number of hydrogen-bond acceptors (Lipinski definition) is 5. The maximum atomic E-state index is 13.4. The van der Waals surface area contributed by atoms with Crippen molar-refractivity contribution in [1.82, 2.24) is 0 Å². The first-order valence-electron chi connectivity index (χ1n) is 12.9. The summed E-state index contributed by atoms with van der Waals surface area (Å²) < 4.78 is 6.33. The van der Waals surface area contributed by atoms with E-state index in [1.807, 2.05) is 13.8 Å². The molecule has 0 amide bonds. The Labute approximate surface area is 192 Å². The molecule has 7 heteroatoms. The highest BCUT2D eigenvalue weighted by Crippen LogP contribution is 2.68. The number of nitrogens with one attached hydrogen (secondary N) is 1. The van der Waals surface area contributed by atoms with Gasteiger partial charge in [0.1, 0.15) is 18.2 Å². The Bertz CT molecular complexity index is 775. The summed E-state index contributed by atoms with van der Waals surface area (Å²) in [6.07, 6.45) is 9.54. The summed E-state index contributed by atoms with van der Waals surface area (Å²) in [5.74, 6) is 2.90. The summed E-state index contributed by atoms with van der Waals surface area (Å²) in [6.45, 7) is 11.6. The van der Waals surface area contributed by atoms with Crippen LogP contribution in [0.2, 0.25) is 0 Å². The highest BCUT2D eigenvalue weighted by Gasteiger charge is 2.66. The van der Waals surface area contributed by atoms with Crippen LogP contribution < -0.4 is 5.06 Å². The van der Waals surface area contributed by atoms with Gasteiger partial charge in [-0.2, -0.15) is 0 Å². The molecular weight excluding hydrogens is 408 g/mol. The van der Waals surface area contributed by atoms with E-state index in [2.05, 4.69) is 20.8 Å². The highest BCUT2D eigenvalue weighted by atomic mass is 17.0. The lowest BCUT2D eigenvalue weighted by Crippen LogP contribution is -3.21. The number of hydroxylamine groups is 2. The molecule has 6 unspecified atom stereocenters. The van der Waals surface area contributed by atoms with Gasteiger partial charge in [-0.25, -0.2) is 0 Å². The van der Waals surface area contributed by atoms with E-state index in [-0.39, 0.29) is 22.5 Å². The molecule has 5 fully saturated rings. The molecule has 0 aromatic carbocycles. The molecule has 0 spiro atoms. The third-order valence-electron chi connectivity index (χ3n) is 11.3. The zero-order chi connectivity index (χ0) is 23.1. The predicted molar refractivity (Wildman–Crippen MR) is 120 cm³/mol. The molecule has 10 atom stereocenters. The van der Waals surface area contributed by atoms with Crippen molar-refractivity contribution in [3.8, 4) is 0 Å². The highest BCUT2D eigenvalue weighted by molar-refractivity contribution is 5.11. The van der Waals surface area contributed by atoms with Crippen LogP contribution in [-0.4, -0.2) is 29.1 Å². The van der Waals surface area contributed by atoms with Gasteiger partial charge in [0.2, 0.25) is 5.72 Å². The Balaban J connectivity index is 1.36. The van der Waals surface area contributed by atoms with Crippen LogP contribution in [-0.2, 0) is 9.57 Å². The molecule has 182 valence electrons. The van der Waals surface area contributed by atoms with Crippen LogP contribution in [0.3, 0.4) is 0 Å². The molecule has 5 aliphatic rings. The van der Waals surface area contributed by atoms with Gasteiger partial charge in [0.15, 0.2) is 0 Å². The zero-order valence-corrected chi connectivity index (χ0v) is 20.5. The molecule has 4 saturated carbocycles. The third kappa shape index (κ3) is 3.09. The van der Waals surface area contributed by atoms with Gasteiger partial charge in [-0.3, -0.25) is 0 Å². The Kier molecular flexibility index (Phi) is 5.20. The molecule has 0 radical (unpaired) electrons. The molecule has 0 aromatic rings. The second-order valence-corrected chi connectivity index (χ2v) is 13.2. The summed E-state index contributed by atoms with van der Waals surface area (Å²) in [7, 11) is 0. The number of ether oxygens (including phenoxy) is 1. The van der Waals surface area contributed by atoms with E-state index in [1.165, 1.54) is 25.7 Å². The van der Waals surface area contributed by atoms with Gasteiger partial charge in [-0.15, -0.1) is 10.1 Å². The fourth-order valence-corrected chi connectivity index (χ4v) is 9.73. The predicted octanol–water partition coefficient (Wildman–Crippen LogP) is 4.13.